The number of fused-ring (bicyclic) bond motifs is 1. The van der Waals surface area contributed by atoms with Crippen molar-refractivity contribution in [2.24, 2.45) is 17.6 Å². The molecule has 0 aliphatic heterocycles. The fourth-order valence-corrected chi connectivity index (χ4v) is 4.28. The van der Waals surface area contributed by atoms with Gasteiger partial charge in [-0.15, -0.1) is 0 Å². The summed E-state index contributed by atoms with van der Waals surface area (Å²) in [5, 5.41) is 0. The predicted octanol–water partition coefficient (Wildman–Crippen LogP) is 0.569. The quantitative estimate of drug-likeness (QED) is 0.627. The molecule has 3 rings (SSSR count). The van der Waals surface area contributed by atoms with Gasteiger partial charge >= 0.3 is 0 Å². The Morgan fingerprint density at radius 1 is 1.25 bits per heavy atom. The van der Waals surface area contributed by atoms with Crippen molar-refractivity contribution in [3.05, 3.63) is 41.2 Å². The van der Waals surface area contributed by atoms with Crippen molar-refractivity contribution in [1.29, 1.82) is 0 Å². The van der Waals surface area contributed by atoms with Gasteiger partial charge < -0.3 is 16.5 Å². The lowest BCUT2D eigenvalue weighted by molar-refractivity contribution is 0.310. The third kappa shape index (κ3) is 3.45. The maximum Gasteiger partial charge on any atom is 0.240 e. The Balaban J connectivity index is 1.72. The minimum atomic E-state index is -3.52. The van der Waals surface area contributed by atoms with Crippen LogP contribution in [-0.4, -0.2) is 31.5 Å². The molecule has 0 saturated carbocycles. The number of aromatic nitrogens is 2. The Morgan fingerprint density at radius 2 is 1.96 bits per heavy atom. The van der Waals surface area contributed by atoms with Crippen molar-refractivity contribution in [3.63, 3.8) is 0 Å². The fraction of sp³-hybridized carbons (Fsp3) is 0.438. The summed E-state index contributed by atoms with van der Waals surface area (Å²) in [5.74, 6) is 0.695. The number of rotatable bonds is 5. The lowest BCUT2D eigenvalue weighted by atomic mass is 9.80. The van der Waals surface area contributed by atoms with Crippen LogP contribution in [0.3, 0.4) is 0 Å². The number of nitrogens with zero attached hydrogens (tertiary/aromatic N) is 1. The van der Waals surface area contributed by atoms with E-state index in [1.807, 2.05) is 6.92 Å². The monoisotopic (exact) mass is 349 g/mol. The molecule has 130 valence electrons. The van der Waals surface area contributed by atoms with Crippen LogP contribution in [0.5, 0.6) is 0 Å². The lowest BCUT2D eigenvalue weighted by Gasteiger charge is -2.30. The van der Waals surface area contributed by atoms with Crippen molar-refractivity contribution >= 4 is 16.0 Å². The number of anilines is 1. The van der Waals surface area contributed by atoms with E-state index in [2.05, 4.69) is 14.7 Å². The van der Waals surface area contributed by atoms with Crippen molar-refractivity contribution in [2.75, 3.05) is 18.8 Å². The number of hydrogen-bond acceptors (Lipinski definition) is 5. The van der Waals surface area contributed by atoms with Crippen LogP contribution in [0.2, 0.25) is 0 Å². The molecule has 2 aromatic rings. The molecule has 1 heterocycles. The molecular weight excluding hydrogens is 326 g/mol. The molecule has 0 amide bonds. The van der Waals surface area contributed by atoms with E-state index in [0.29, 0.717) is 25.5 Å². The molecule has 0 saturated heterocycles. The number of H-pyrrole nitrogens is 1. The number of sulfonamides is 1. The molecule has 8 heteroatoms. The normalized spacial score (nSPS) is 20.8. The van der Waals surface area contributed by atoms with E-state index in [4.69, 9.17) is 11.5 Å². The van der Waals surface area contributed by atoms with Gasteiger partial charge in [-0.2, -0.15) is 0 Å². The molecule has 0 fully saturated rings. The number of aromatic amines is 1. The van der Waals surface area contributed by atoms with Gasteiger partial charge in [0.1, 0.15) is 0 Å². The number of nitrogens with one attached hydrogen (secondary N) is 2. The summed E-state index contributed by atoms with van der Waals surface area (Å²) in [6, 6.07) is 6.81. The van der Waals surface area contributed by atoms with E-state index < -0.39 is 10.0 Å². The number of aryl methyl sites for hydroxylation is 1. The predicted molar refractivity (Wildman–Crippen MR) is 92.8 cm³/mol. The van der Waals surface area contributed by atoms with Crippen LogP contribution in [0, 0.1) is 18.8 Å². The molecule has 24 heavy (non-hydrogen) atoms. The highest BCUT2D eigenvalue weighted by Gasteiger charge is 2.31. The summed E-state index contributed by atoms with van der Waals surface area (Å²) in [5.41, 5.74) is 14.5. The van der Waals surface area contributed by atoms with Gasteiger partial charge in [-0.3, -0.25) is 0 Å². The van der Waals surface area contributed by atoms with E-state index in [-0.39, 0.29) is 16.7 Å². The molecule has 2 atom stereocenters. The summed E-state index contributed by atoms with van der Waals surface area (Å²) in [7, 11) is -3.52. The first-order valence-electron chi connectivity index (χ1n) is 7.98. The molecule has 6 N–H and O–H groups in total. The van der Waals surface area contributed by atoms with Crippen molar-refractivity contribution in [2.45, 2.75) is 24.7 Å². The van der Waals surface area contributed by atoms with Gasteiger partial charge in [-0.05, 0) is 50.3 Å². The highest BCUT2D eigenvalue weighted by Crippen LogP contribution is 2.29. The molecular formula is C16H23N5O2S. The maximum absolute atomic E-state index is 12.4. The number of hydrogen-bond donors (Lipinski definition) is 4. The van der Waals surface area contributed by atoms with Crippen molar-refractivity contribution in [3.8, 4) is 0 Å². The molecule has 0 spiro atoms. The highest BCUT2D eigenvalue weighted by atomic mass is 32.2. The smallest absolute Gasteiger partial charge is 0.240 e. The number of nitrogens with two attached hydrogens (primary N) is 2. The van der Waals surface area contributed by atoms with Crippen LogP contribution in [0.4, 0.5) is 5.95 Å². The SMILES string of the molecule is Cc1ccc(S(=O)(=O)NCC2Cc3[nH]c(N)nc3CC2CN)cc1. The summed E-state index contributed by atoms with van der Waals surface area (Å²) < 4.78 is 27.6. The molecule has 1 aromatic carbocycles. The first-order chi connectivity index (χ1) is 11.4. The van der Waals surface area contributed by atoms with Crippen LogP contribution in [0.25, 0.3) is 0 Å². The van der Waals surface area contributed by atoms with E-state index in [1.54, 1.807) is 24.3 Å². The van der Waals surface area contributed by atoms with Gasteiger partial charge in [0.05, 0.1) is 10.6 Å². The zero-order valence-corrected chi connectivity index (χ0v) is 14.4. The molecule has 0 radical (unpaired) electrons. The second-order valence-corrected chi connectivity index (χ2v) is 8.14. The van der Waals surface area contributed by atoms with Gasteiger partial charge in [0, 0.05) is 12.2 Å². The van der Waals surface area contributed by atoms with Gasteiger partial charge in [0.15, 0.2) is 5.95 Å². The maximum atomic E-state index is 12.4. The first kappa shape index (κ1) is 16.9. The Kier molecular flexibility index (Phi) is 4.62. The molecule has 1 aliphatic rings. The minimum Gasteiger partial charge on any atom is -0.369 e. The first-order valence-corrected chi connectivity index (χ1v) is 9.47. The summed E-state index contributed by atoms with van der Waals surface area (Å²) in [6.07, 6.45) is 1.41. The Morgan fingerprint density at radius 3 is 2.62 bits per heavy atom. The Bertz CT molecular complexity index is 813. The zero-order chi connectivity index (χ0) is 17.3. The van der Waals surface area contributed by atoms with Crippen molar-refractivity contribution in [1.82, 2.24) is 14.7 Å². The summed E-state index contributed by atoms with van der Waals surface area (Å²) in [6.45, 7) is 2.75. The van der Waals surface area contributed by atoms with Crippen LogP contribution >= 0.6 is 0 Å². The lowest BCUT2D eigenvalue weighted by Crippen LogP contribution is -2.39. The average Bonchev–Trinajstić information content (AvgIpc) is 2.91. The minimum absolute atomic E-state index is 0.113. The number of benzene rings is 1. The number of imidazole rings is 1. The van der Waals surface area contributed by atoms with Gasteiger partial charge in [-0.25, -0.2) is 18.1 Å². The van der Waals surface area contributed by atoms with Crippen LogP contribution in [0.1, 0.15) is 17.0 Å². The molecule has 1 aromatic heterocycles. The standard InChI is InChI=1S/C16H23N5O2S/c1-10-2-4-13(5-3-10)24(22,23)19-9-12-7-15-14(6-11(12)8-17)20-16(18)21-15/h2-5,11-12,19H,6-9,17H2,1H3,(H3,18,20,21). The average molecular weight is 349 g/mol. The summed E-state index contributed by atoms with van der Waals surface area (Å²) in [4.78, 5) is 7.61. The molecule has 2 unspecified atom stereocenters. The van der Waals surface area contributed by atoms with Gasteiger partial charge in [0.2, 0.25) is 10.0 Å². The molecule has 0 bridgehead atoms. The summed E-state index contributed by atoms with van der Waals surface area (Å²) >= 11 is 0. The second-order valence-electron chi connectivity index (χ2n) is 6.38. The van der Waals surface area contributed by atoms with E-state index in [0.717, 1.165) is 23.4 Å². The third-order valence-corrected chi connectivity index (χ3v) is 6.08. The van der Waals surface area contributed by atoms with Crippen LogP contribution in [-0.2, 0) is 22.9 Å². The van der Waals surface area contributed by atoms with Gasteiger partial charge in [-0.1, -0.05) is 17.7 Å². The largest absolute Gasteiger partial charge is 0.369 e. The van der Waals surface area contributed by atoms with Crippen molar-refractivity contribution < 1.29 is 8.42 Å². The van der Waals surface area contributed by atoms with E-state index in [9.17, 15) is 8.42 Å². The Labute approximate surface area is 141 Å². The molecule has 1 aliphatic carbocycles. The topological polar surface area (TPSA) is 127 Å². The second kappa shape index (κ2) is 6.54. The van der Waals surface area contributed by atoms with Crippen LogP contribution < -0.4 is 16.2 Å². The zero-order valence-electron chi connectivity index (χ0n) is 13.6. The van der Waals surface area contributed by atoms with Gasteiger partial charge in [0.25, 0.3) is 0 Å². The third-order valence-electron chi connectivity index (χ3n) is 4.64. The van der Waals surface area contributed by atoms with Crippen LogP contribution in [0.15, 0.2) is 29.2 Å². The Hall–Kier alpha value is -1.90. The fourth-order valence-electron chi connectivity index (χ4n) is 3.18. The molecule has 7 nitrogen and oxygen atoms in total. The highest BCUT2D eigenvalue weighted by molar-refractivity contribution is 7.89. The number of nitrogen functional groups attached to an aromatic ring is 1. The van der Waals surface area contributed by atoms with E-state index in [1.165, 1.54) is 0 Å². The van der Waals surface area contributed by atoms with E-state index >= 15 is 0 Å².